The highest BCUT2D eigenvalue weighted by atomic mass is 32.2. The summed E-state index contributed by atoms with van der Waals surface area (Å²) in [5, 5.41) is 18.8. The largest absolute Gasteiger partial charge is 0.459 e. The third kappa shape index (κ3) is 6.77. The molecule has 1 heterocycles. The SMILES string of the molecule is C=CCOC(=O)C1=C(CSC(=N)N)N=C(C)C(C(=O)OC(C)(C)C)C1c1cccc([N+](=O)[O-])c1. The van der Waals surface area contributed by atoms with E-state index in [0.29, 0.717) is 11.3 Å². The second kappa shape index (κ2) is 11.1. The minimum atomic E-state index is -1.03. The van der Waals surface area contributed by atoms with Gasteiger partial charge in [0.15, 0.2) is 5.17 Å². The molecule has 2 unspecified atom stereocenters. The first kappa shape index (κ1) is 26.8. The highest BCUT2D eigenvalue weighted by Gasteiger charge is 2.44. The molecule has 2 rings (SSSR count). The van der Waals surface area contributed by atoms with Gasteiger partial charge in [-0.25, -0.2) is 4.79 Å². The number of rotatable bonds is 8. The van der Waals surface area contributed by atoms with Crippen molar-refractivity contribution in [3.05, 3.63) is 63.9 Å². The molecular formula is C23H28N4O6S. The first-order valence-corrected chi connectivity index (χ1v) is 11.3. The van der Waals surface area contributed by atoms with Gasteiger partial charge in [-0.15, -0.1) is 0 Å². The van der Waals surface area contributed by atoms with Gasteiger partial charge in [0.05, 0.1) is 16.2 Å². The molecule has 0 bridgehead atoms. The van der Waals surface area contributed by atoms with Crippen LogP contribution in [-0.4, -0.2) is 45.7 Å². The van der Waals surface area contributed by atoms with Crippen molar-refractivity contribution in [3.63, 3.8) is 0 Å². The molecule has 0 radical (unpaired) electrons. The van der Waals surface area contributed by atoms with Gasteiger partial charge in [-0.3, -0.25) is 25.3 Å². The van der Waals surface area contributed by atoms with E-state index in [0.717, 1.165) is 11.8 Å². The van der Waals surface area contributed by atoms with E-state index in [1.807, 2.05) is 0 Å². The summed E-state index contributed by atoms with van der Waals surface area (Å²) >= 11 is 0.954. The summed E-state index contributed by atoms with van der Waals surface area (Å²) in [5.74, 6) is -3.30. The van der Waals surface area contributed by atoms with Gasteiger partial charge in [0.2, 0.25) is 0 Å². The van der Waals surface area contributed by atoms with E-state index in [9.17, 15) is 19.7 Å². The summed E-state index contributed by atoms with van der Waals surface area (Å²) in [5.41, 5.74) is 5.52. The van der Waals surface area contributed by atoms with E-state index < -0.39 is 34.3 Å². The number of hydrogen-bond donors (Lipinski definition) is 2. The molecule has 0 spiro atoms. The van der Waals surface area contributed by atoms with Gasteiger partial charge < -0.3 is 15.2 Å². The minimum Gasteiger partial charge on any atom is -0.459 e. The van der Waals surface area contributed by atoms with Crippen LogP contribution in [0.15, 0.2) is 53.2 Å². The second-order valence-electron chi connectivity index (χ2n) is 8.49. The molecule has 11 heteroatoms. The lowest BCUT2D eigenvalue weighted by Crippen LogP contribution is -2.39. The number of esters is 2. The summed E-state index contributed by atoms with van der Waals surface area (Å²) < 4.78 is 10.9. The van der Waals surface area contributed by atoms with Crippen LogP contribution in [0.2, 0.25) is 0 Å². The number of nitrogens with one attached hydrogen (secondary N) is 1. The van der Waals surface area contributed by atoms with Crippen molar-refractivity contribution in [3.8, 4) is 0 Å². The summed E-state index contributed by atoms with van der Waals surface area (Å²) in [7, 11) is 0. The molecule has 0 aliphatic carbocycles. The van der Waals surface area contributed by atoms with E-state index in [1.54, 1.807) is 33.8 Å². The topological polar surface area (TPSA) is 158 Å². The Morgan fingerprint density at radius 2 is 2.06 bits per heavy atom. The standard InChI is InChI=1S/C23H28N4O6S/c1-6-10-32-20(28)19-16(12-34-22(24)25)26-13(2)17(21(29)33-23(3,4)5)18(19)14-8-7-9-15(11-14)27(30)31/h6-9,11,17-18H,1,10,12H2,2-5H3,(H3,24,25). The zero-order valence-corrected chi connectivity index (χ0v) is 20.3. The number of nitro benzene ring substituents is 1. The molecule has 1 aliphatic rings. The van der Waals surface area contributed by atoms with Gasteiger partial charge >= 0.3 is 11.9 Å². The second-order valence-corrected chi connectivity index (χ2v) is 9.51. The van der Waals surface area contributed by atoms with Crippen molar-refractivity contribution >= 4 is 40.3 Å². The van der Waals surface area contributed by atoms with Crippen molar-refractivity contribution in [2.75, 3.05) is 12.4 Å². The van der Waals surface area contributed by atoms with Crippen molar-refractivity contribution in [2.24, 2.45) is 16.6 Å². The number of nitro groups is 1. The maximum absolute atomic E-state index is 13.3. The number of aliphatic imine (C=N–C) groups is 1. The molecule has 2 atom stereocenters. The predicted molar refractivity (Wildman–Crippen MR) is 131 cm³/mol. The molecule has 1 aromatic carbocycles. The minimum absolute atomic E-state index is 0.0533. The number of nitrogens with two attached hydrogens (primary N) is 1. The highest BCUT2D eigenvalue weighted by molar-refractivity contribution is 8.13. The Hall–Kier alpha value is -3.47. The highest BCUT2D eigenvalue weighted by Crippen LogP contribution is 2.42. The lowest BCUT2D eigenvalue weighted by atomic mass is 9.75. The zero-order chi connectivity index (χ0) is 25.6. The lowest BCUT2D eigenvalue weighted by molar-refractivity contribution is -0.384. The molecule has 34 heavy (non-hydrogen) atoms. The summed E-state index contributed by atoms with van der Waals surface area (Å²) in [6.07, 6.45) is 1.40. The Kier molecular flexibility index (Phi) is 8.74. The van der Waals surface area contributed by atoms with Crippen LogP contribution in [0, 0.1) is 21.4 Å². The molecule has 0 saturated carbocycles. The van der Waals surface area contributed by atoms with Crippen LogP contribution in [0.4, 0.5) is 5.69 Å². The van der Waals surface area contributed by atoms with Crippen molar-refractivity contribution in [2.45, 2.75) is 39.2 Å². The van der Waals surface area contributed by atoms with Crippen molar-refractivity contribution < 1.29 is 24.0 Å². The predicted octanol–water partition coefficient (Wildman–Crippen LogP) is 3.72. The van der Waals surface area contributed by atoms with E-state index in [4.69, 9.17) is 20.6 Å². The molecular weight excluding hydrogens is 460 g/mol. The summed E-state index contributed by atoms with van der Waals surface area (Å²) in [4.78, 5) is 41.9. The van der Waals surface area contributed by atoms with Crippen LogP contribution in [0.1, 0.15) is 39.2 Å². The van der Waals surface area contributed by atoms with Gasteiger partial charge in [0, 0.05) is 29.5 Å². The Labute approximate surface area is 201 Å². The Morgan fingerprint density at radius 3 is 2.62 bits per heavy atom. The number of ether oxygens (including phenoxy) is 2. The van der Waals surface area contributed by atoms with Crippen LogP contribution in [0.25, 0.3) is 0 Å². The molecule has 0 fully saturated rings. The molecule has 182 valence electrons. The molecule has 0 aromatic heterocycles. The van der Waals surface area contributed by atoms with E-state index in [-0.39, 0.29) is 34.5 Å². The molecule has 10 nitrogen and oxygen atoms in total. The van der Waals surface area contributed by atoms with Crippen LogP contribution in [0.5, 0.6) is 0 Å². The van der Waals surface area contributed by atoms with Gasteiger partial charge in [-0.2, -0.15) is 0 Å². The van der Waals surface area contributed by atoms with Gasteiger partial charge in [-0.05, 0) is 33.3 Å². The van der Waals surface area contributed by atoms with Crippen LogP contribution < -0.4 is 5.73 Å². The number of non-ortho nitro benzene ring substituents is 1. The Bertz CT molecular complexity index is 1070. The maximum atomic E-state index is 13.3. The average Bonchev–Trinajstić information content (AvgIpc) is 2.74. The molecule has 3 N–H and O–H groups in total. The Balaban J connectivity index is 2.77. The Morgan fingerprint density at radius 1 is 1.38 bits per heavy atom. The third-order valence-electron chi connectivity index (χ3n) is 4.73. The quantitative estimate of drug-likeness (QED) is 0.140. The van der Waals surface area contributed by atoms with Crippen molar-refractivity contribution in [1.29, 1.82) is 5.41 Å². The number of benzene rings is 1. The molecule has 1 aromatic rings. The van der Waals surface area contributed by atoms with Crippen molar-refractivity contribution in [1.82, 2.24) is 0 Å². The fourth-order valence-corrected chi connectivity index (χ4v) is 4.02. The smallest absolute Gasteiger partial charge is 0.336 e. The van der Waals surface area contributed by atoms with Crippen LogP contribution in [-0.2, 0) is 19.1 Å². The number of thioether (sulfide) groups is 1. The van der Waals surface area contributed by atoms with E-state index in [1.165, 1.54) is 24.3 Å². The number of nitrogens with zero attached hydrogens (tertiary/aromatic N) is 2. The zero-order valence-electron chi connectivity index (χ0n) is 19.5. The average molecular weight is 489 g/mol. The lowest BCUT2D eigenvalue weighted by Gasteiger charge is -2.34. The maximum Gasteiger partial charge on any atom is 0.336 e. The number of carbonyl (C=O) groups excluding carboxylic acids is 2. The van der Waals surface area contributed by atoms with Gasteiger partial charge in [-0.1, -0.05) is 36.5 Å². The van der Waals surface area contributed by atoms with Gasteiger partial charge in [0.25, 0.3) is 5.69 Å². The fourth-order valence-electron chi connectivity index (χ4n) is 3.51. The van der Waals surface area contributed by atoms with Crippen LogP contribution >= 0.6 is 11.8 Å². The number of carbonyl (C=O) groups is 2. The molecule has 0 amide bonds. The van der Waals surface area contributed by atoms with Gasteiger partial charge in [0.1, 0.15) is 18.1 Å². The number of hydrogen-bond acceptors (Lipinski definition) is 9. The normalized spacial score (nSPS) is 18.1. The molecule has 1 aliphatic heterocycles. The first-order chi connectivity index (χ1) is 15.9. The number of amidine groups is 1. The van der Waals surface area contributed by atoms with E-state index in [2.05, 4.69) is 11.6 Å². The summed E-state index contributed by atoms with van der Waals surface area (Å²) in [6, 6.07) is 5.72. The molecule has 0 saturated heterocycles. The van der Waals surface area contributed by atoms with Crippen LogP contribution in [0.3, 0.4) is 0 Å². The fraction of sp³-hybridized carbons (Fsp3) is 0.391. The first-order valence-electron chi connectivity index (χ1n) is 10.4. The monoisotopic (exact) mass is 488 g/mol. The summed E-state index contributed by atoms with van der Waals surface area (Å²) in [6.45, 7) is 10.2. The van der Waals surface area contributed by atoms with E-state index >= 15 is 0 Å². The third-order valence-corrected chi connectivity index (χ3v) is 5.46.